The molecule has 1 aliphatic heterocycles. The minimum atomic E-state index is 0.878. The molecular formula is C15H24N2. The quantitative estimate of drug-likeness (QED) is 0.810. The third-order valence-electron chi connectivity index (χ3n) is 3.87. The second kappa shape index (κ2) is 6.06. The Morgan fingerprint density at radius 1 is 1.29 bits per heavy atom. The zero-order valence-electron chi connectivity index (χ0n) is 10.9. The van der Waals surface area contributed by atoms with E-state index in [9.17, 15) is 0 Å². The Labute approximate surface area is 105 Å². The fraction of sp³-hybridized carbons (Fsp3) is 0.600. The Morgan fingerprint density at radius 3 is 2.94 bits per heavy atom. The van der Waals surface area contributed by atoms with Crippen molar-refractivity contribution in [2.75, 3.05) is 18.8 Å². The van der Waals surface area contributed by atoms with Crippen LogP contribution in [0.5, 0.6) is 0 Å². The van der Waals surface area contributed by atoms with Crippen LogP contribution >= 0.6 is 0 Å². The smallest absolute Gasteiger partial charge is 0.0317 e. The minimum Gasteiger partial charge on any atom is -0.399 e. The van der Waals surface area contributed by atoms with Gasteiger partial charge in [-0.25, -0.2) is 0 Å². The van der Waals surface area contributed by atoms with Crippen LogP contribution in [0.15, 0.2) is 24.3 Å². The molecule has 1 saturated heterocycles. The van der Waals surface area contributed by atoms with E-state index in [1.54, 1.807) is 0 Å². The predicted molar refractivity (Wildman–Crippen MR) is 73.8 cm³/mol. The lowest BCUT2D eigenvalue weighted by atomic mass is 9.98. The summed E-state index contributed by atoms with van der Waals surface area (Å²) in [5.74, 6) is 0.945. The highest BCUT2D eigenvalue weighted by Gasteiger charge is 2.15. The van der Waals surface area contributed by atoms with Gasteiger partial charge in [-0.05, 0) is 56.0 Å². The summed E-state index contributed by atoms with van der Waals surface area (Å²) in [6.45, 7) is 5.86. The fourth-order valence-corrected chi connectivity index (χ4v) is 2.74. The highest BCUT2D eigenvalue weighted by atomic mass is 15.1. The van der Waals surface area contributed by atoms with Crippen LogP contribution in [0.25, 0.3) is 0 Å². The van der Waals surface area contributed by atoms with Crippen molar-refractivity contribution in [2.24, 2.45) is 5.92 Å². The molecule has 0 amide bonds. The van der Waals surface area contributed by atoms with E-state index in [0.29, 0.717) is 0 Å². The summed E-state index contributed by atoms with van der Waals surface area (Å²) in [6.07, 6.45) is 5.45. The van der Waals surface area contributed by atoms with Gasteiger partial charge in [0.2, 0.25) is 0 Å². The van der Waals surface area contributed by atoms with Crippen molar-refractivity contribution >= 4 is 5.69 Å². The normalized spacial score (nSPS) is 22.3. The molecule has 2 heteroatoms. The first kappa shape index (κ1) is 12.4. The maximum absolute atomic E-state index is 5.82. The van der Waals surface area contributed by atoms with Gasteiger partial charge in [-0.15, -0.1) is 0 Å². The summed E-state index contributed by atoms with van der Waals surface area (Å²) in [7, 11) is 0. The van der Waals surface area contributed by atoms with Crippen LogP contribution in [0.2, 0.25) is 0 Å². The molecule has 2 nitrogen and oxygen atoms in total. The van der Waals surface area contributed by atoms with Crippen molar-refractivity contribution in [1.29, 1.82) is 0 Å². The molecule has 0 saturated carbocycles. The van der Waals surface area contributed by atoms with Crippen LogP contribution in [0.4, 0.5) is 5.69 Å². The van der Waals surface area contributed by atoms with Gasteiger partial charge in [0.15, 0.2) is 0 Å². The third kappa shape index (κ3) is 3.74. The Bertz CT molecular complexity index is 349. The van der Waals surface area contributed by atoms with Crippen LogP contribution in [-0.2, 0) is 6.54 Å². The molecule has 94 valence electrons. The molecule has 0 radical (unpaired) electrons. The van der Waals surface area contributed by atoms with E-state index in [1.807, 2.05) is 6.07 Å². The van der Waals surface area contributed by atoms with Crippen LogP contribution in [-0.4, -0.2) is 18.0 Å². The molecule has 0 aromatic heterocycles. The van der Waals surface area contributed by atoms with Crippen molar-refractivity contribution in [3.63, 3.8) is 0 Å². The standard InChI is InChI=1S/C15H24N2/c1-2-13-6-4-9-17(10-8-13)12-14-5-3-7-15(16)11-14/h3,5,7,11,13H,2,4,6,8-10,12,16H2,1H3. The molecular weight excluding hydrogens is 208 g/mol. The lowest BCUT2D eigenvalue weighted by molar-refractivity contribution is 0.272. The first-order valence-electron chi connectivity index (χ1n) is 6.84. The van der Waals surface area contributed by atoms with Crippen LogP contribution in [0, 0.1) is 5.92 Å². The first-order valence-corrected chi connectivity index (χ1v) is 6.84. The van der Waals surface area contributed by atoms with Crippen molar-refractivity contribution in [3.8, 4) is 0 Å². The number of benzene rings is 1. The summed E-state index contributed by atoms with van der Waals surface area (Å²) in [6, 6.07) is 8.29. The van der Waals surface area contributed by atoms with Gasteiger partial charge in [-0.3, -0.25) is 4.90 Å². The average molecular weight is 232 g/mol. The monoisotopic (exact) mass is 232 g/mol. The number of rotatable bonds is 3. The van der Waals surface area contributed by atoms with Crippen molar-refractivity contribution in [3.05, 3.63) is 29.8 Å². The Kier molecular flexibility index (Phi) is 4.43. The Morgan fingerprint density at radius 2 is 2.18 bits per heavy atom. The number of hydrogen-bond donors (Lipinski definition) is 1. The first-order chi connectivity index (χ1) is 8.28. The molecule has 0 aliphatic carbocycles. The van der Waals surface area contributed by atoms with Crippen LogP contribution < -0.4 is 5.73 Å². The zero-order valence-corrected chi connectivity index (χ0v) is 10.9. The van der Waals surface area contributed by atoms with Gasteiger partial charge < -0.3 is 5.73 Å². The van der Waals surface area contributed by atoms with E-state index in [1.165, 1.54) is 44.3 Å². The predicted octanol–water partition coefficient (Wildman–Crippen LogP) is 3.28. The average Bonchev–Trinajstić information content (AvgIpc) is 2.54. The largest absolute Gasteiger partial charge is 0.399 e. The number of likely N-dealkylation sites (tertiary alicyclic amines) is 1. The number of hydrogen-bond acceptors (Lipinski definition) is 2. The number of anilines is 1. The minimum absolute atomic E-state index is 0.878. The number of nitrogens with zero attached hydrogens (tertiary/aromatic N) is 1. The summed E-state index contributed by atoms with van der Waals surface area (Å²) in [4.78, 5) is 2.57. The van der Waals surface area contributed by atoms with E-state index in [-0.39, 0.29) is 0 Å². The molecule has 2 rings (SSSR count). The Balaban J connectivity index is 1.90. The number of nitrogen functional groups attached to an aromatic ring is 1. The SMILES string of the molecule is CCC1CCCN(Cc2cccc(N)c2)CC1. The lowest BCUT2D eigenvalue weighted by Crippen LogP contribution is -2.24. The van der Waals surface area contributed by atoms with Crippen molar-refractivity contribution in [1.82, 2.24) is 4.90 Å². The molecule has 1 aliphatic rings. The second-order valence-corrected chi connectivity index (χ2v) is 5.23. The van der Waals surface area contributed by atoms with Crippen LogP contribution in [0.3, 0.4) is 0 Å². The molecule has 0 spiro atoms. The van der Waals surface area contributed by atoms with Gasteiger partial charge in [0, 0.05) is 12.2 Å². The van der Waals surface area contributed by atoms with Gasteiger partial charge in [0.25, 0.3) is 0 Å². The second-order valence-electron chi connectivity index (χ2n) is 5.23. The van der Waals surface area contributed by atoms with Gasteiger partial charge in [0.1, 0.15) is 0 Å². The summed E-state index contributed by atoms with van der Waals surface area (Å²) in [5.41, 5.74) is 8.05. The maximum Gasteiger partial charge on any atom is 0.0317 e. The zero-order chi connectivity index (χ0) is 12.1. The molecule has 2 N–H and O–H groups in total. The third-order valence-corrected chi connectivity index (χ3v) is 3.87. The molecule has 1 aromatic rings. The molecule has 1 aromatic carbocycles. The van der Waals surface area contributed by atoms with E-state index in [2.05, 4.69) is 30.0 Å². The van der Waals surface area contributed by atoms with Gasteiger partial charge in [-0.2, -0.15) is 0 Å². The van der Waals surface area contributed by atoms with E-state index in [4.69, 9.17) is 5.73 Å². The van der Waals surface area contributed by atoms with E-state index < -0.39 is 0 Å². The molecule has 17 heavy (non-hydrogen) atoms. The van der Waals surface area contributed by atoms with Crippen molar-refractivity contribution < 1.29 is 0 Å². The molecule has 1 fully saturated rings. The highest BCUT2D eigenvalue weighted by molar-refractivity contribution is 5.40. The summed E-state index contributed by atoms with van der Waals surface area (Å²) in [5, 5.41) is 0. The molecule has 1 heterocycles. The summed E-state index contributed by atoms with van der Waals surface area (Å²) >= 11 is 0. The summed E-state index contributed by atoms with van der Waals surface area (Å²) < 4.78 is 0. The van der Waals surface area contributed by atoms with E-state index >= 15 is 0 Å². The number of nitrogens with two attached hydrogens (primary N) is 1. The van der Waals surface area contributed by atoms with Gasteiger partial charge in [-0.1, -0.05) is 25.5 Å². The highest BCUT2D eigenvalue weighted by Crippen LogP contribution is 2.21. The van der Waals surface area contributed by atoms with Crippen LogP contribution in [0.1, 0.15) is 38.2 Å². The Hall–Kier alpha value is -1.02. The van der Waals surface area contributed by atoms with Gasteiger partial charge in [0.05, 0.1) is 0 Å². The lowest BCUT2D eigenvalue weighted by Gasteiger charge is -2.20. The van der Waals surface area contributed by atoms with Crippen molar-refractivity contribution in [2.45, 2.75) is 39.2 Å². The maximum atomic E-state index is 5.82. The topological polar surface area (TPSA) is 29.3 Å². The molecule has 1 atom stereocenters. The fourth-order valence-electron chi connectivity index (χ4n) is 2.74. The van der Waals surface area contributed by atoms with E-state index in [0.717, 1.165) is 18.2 Å². The molecule has 0 bridgehead atoms. The van der Waals surface area contributed by atoms with Gasteiger partial charge >= 0.3 is 0 Å². The molecule has 1 unspecified atom stereocenters.